The molecule has 19 heavy (non-hydrogen) atoms. The van der Waals surface area contributed by atoms with Crippen molar-refractivity contribution in [2.75, 3.05) is 0 Å². The van der Waals surface area contributed by atoms with Gasteiger partial charge in [0.2, 0.25) is 0 Å². The highest BCUT2D eigenvalue weighted by atomic mass is 35.5. The average Bonchev–Trinajstić information content (AvgIpc) is 3.02. The Morgan fingerprint density at radius 1 is 1.16 bits per heavy atom. The van der Waals surface area contributed by atoms with Crippen molar-refractivity contribution in [1.29, 1.82) is 0 Å². The normalized spacial score (nSPS) is 25.4. The Kier molecular flexibility index (Phi) is 2.84. The molecular weight excluding hydrogens is 270 g/mol. The van der Waals surface area contributed by atoms with Gasteiger partial charge in [-0.25, -0.2) is 8.78 Å². The fraction of sp³-hybridized carbons (Fsp3) is 0.200. The number of ether oxygens (including phenoxy) is 1. The van der Waals surface area contributed by atoms with E-state index in [9.17, 15) is 8.78 Å². The Hall–Kier alpha value is -1.45. The topological polar surface area (TPSA) is 12.5 Å². The van der Waals surface area contributed by atoms with E-state index in [1.54, 1.807) is 13.0 Å². The fourth-order valence-corrected chi connectivity index (χ4v) is 2.59. The van der Waals surface area contributed by atoms with Gasteiger partial charge in [-0.15, -0.1) is 0 Å². The van der Waals surface area contributed by atoms with Gasteiger partial charge >= 0.3 is 0 Å². The quantitative estimate of drug-likeness (QED) is 0.732. The predicted octanol–water partition coefficient (Wildman–Crippen LogP) is 4.60. The average molecular weight is 281 g/mol. The second-order valence-electron chi connectivity index (χ2n) is 4.75. The molecule has 1 nitrogen and oxygen atoms in total. The van der Waals surface area contributed by atoms with Crippen molar-refractivity contribution >= 4 is 11.6 Å². The van der Waals surface area contributed by atoms with Crippen LogP contribution in [0.25, 0.3) is 0 Å². The van der Waals surface area contributed by atoms with Gasteiger partial charge in [-0.3, -0.25) is 0 Å². The van der Waals surface area contributed by atoms with Crippen LogP contribution in [-0.4, -0.2) is 0 Å². The van der Waals surface area contributed by atoms with Crippen LogP contribution in [0.1, 0.15) is 24.2 Å². The summed E-state index contributed by atoms with van der Waals surface area (Å²) in [6.45, 7) is 1.78. The molecule has 0 unspecified atom stereocenters. The van der Waals surface area contributed by atoms with Gasteiger partial charge in [0, 0.05) is 22.2 Å². The van der Waals surface area contributed by atoms with Crippen molar-refractivity contribution < 1.29 is 13.5 Å². The van der Waals surface area contributed by atoms with Crippen LogP contribution in [0.15, 0.2) is 42.5 Å². The maximum absolute atomic E-state index is 13.8. The second kappa shape index (κ2) is 4.29. The van der Waals surface area contributed by atoms with E-state index in [1.807, 2.05) is 18.2 Å². The molecule has 0 radical (unpaired) electrons. The summed E-state index contributed by atoms with van der Waals surface area (Å²) in [5.74, 6) is -1.20. The summed E-state index contributed by atoms with van der Waals surface area (Å²) in [7, 11) is 0. The van der Waals surface area contributed by atoms with Crippen LogP contribution in [0.3, 0.4) is 0 Å². The van der Waals surface area contributed by atoms with Crippen molar-refractivity contribution in [3.63, 3.8) is 0 Å². The van der Waals surface area contributed by atoms with Gasteiger partial charge < -0.3 is 4.74 Å². The Morgan fingerprint density at radius 3 is 2.58 bits per heavy atom. The van der Waals surface area contributed by atoms with E-state index in [0.29, 0.717) is 10.6 Å². The summed E-state index contributed by atoms with van der Waals surface area (Å²) >= 11 is 6.11. The van der Waals surface area contributed by atoms with E-state index in [2.05, 4.69) is 0 Å². The molecule has 1 saturated heterocycles. The van der Waals surface area contributed by atoms with Gasteiger partial charge in [-0.05, 0) is 19.1 Å². The smallest absolute Gasteiger partial charge is 0.132 e. The van der Waals surface area contributed by atoms with Gasteiger partial charge in [0.25, 0.3) is 0 Å². The summed E-state index contributed by atoms with van der Waals surface area (Å²) < 4.78 is 32.4. The Balaban J connectivity index is 1.98. The first-order valence-electron chi connectivity index (χ1n) is 5.90. The molecule has 0 aliphatic carbocycles. The van der Waals surface area contributed by atoms with Crippen molar-refractivity contribution in [2.45, 2.75) is 18.6 Å². The molecule has 1 aliphatic rings. The molecule has 0 spiro atoms. The maximum Gasteiger partial charge on any atom is 0.132 e. The summed E-state index contributed by atoms with van der Waals surface area (Å²) in [4.78, 5) is 0. The zero-order valence-corrected chi connectivity index (χ0v) is 10.9. The third-order valence-corrected chi connectivity index (χ3v) is 3.80. The van der Waals surface area contributed by atoms with Crippen molar-refractivity contribution in [2.24, 2.45) is 0 Å². The van der Waals surface area contributed by atoms with E-state index in [-0.39, 0.29) is 6.10 Å². The fourth-order valence-electron chi connectivity index (χ4n) is 2.36. The van der Waals surface area contributed by atoms with Crippen LogP contribution in [0.2, 0.25) is 5.02 Å². The molecule has 2 atom stereocenters. The first kappa shape index (κ1) is 12.6. The number of halogens is 3. The number of hydrogen-bond donors (Lipinski definition) is 0. The first-order chi connectivity index (χ1) is 9.02. The number of epoxide rings is 1. The van der Waals surface area contributed by atoms with Gasteiger partial charge in [0.1, 0.15) is 23.3 Å². The summed E-state index contributed by atoms with van der Waals surface area (Å²) in [5, 5.41) is 0.582. The highest BCUT2D eigenvalue weighted by Crippen LogP contribution is 2.58. The third kappa shape index (κ3) is 2.03. The van der Waals surface area contributed by atoms with E-state index < -0.39 is 17.2 Å². The van der Waals surface area contributed by atoms with E-state index >= 15 is 0 Å². The standard InChI is InChI=1S/C15H11ClF2O/c1-15(11-7-6-9(17)8-13(11)18)14(19-15)10-4-2-3-5-12(10)16/h2-8,14H,1H3/t14-,15-/m1/s1. The SMILES string of the molecule is C[C@]1(c2ccc(F)cc2F)O[C@@H]1c1ccccc1Cl. The molecule has 1 fully saturated rings. The van der Waals surface area contributed by atoms with Crippen LogP contribution in [0, 0.1) is 11.6 Å². The molecule has 2 aromatic rings. The van der Waals surface area contributed by atoms with Gasteiger partial charge in [0.05, 0.1) is 0 Å². The van der Waals surface area contributed by atoms with Crippen molar-refractivity contribution in [1.82, 2.24) is 0 Å². The minimum Gasteiger partial charge on any atom is -0.356 e. The second-order valence-corrected chi connectivity index (χ2v) is 5.16. The number of benzene rings is 2. The van der Waals surface area contributed by atoms with E-state index in [1.165, 1.54) is 12.1 Å². The van der Waals surface area contributed by atoms with Crippen LogP contribution in [0.4, 0.5) is 8.78 Å². The molecule has 2 aromatic carbocycles. The Labute approximate surface area is 114 Å². The minimum atomic E-state index is -0.789. The lowest BCUT2D eigenvalue weighted by Crippen LogP contribution is -2.07. The molecule has 98 valence electrons. The van der Waals surface area contributed by atoms with E-state index in [4.69, 9.17) is 16.3 Å². The number of rotatable bonds is 2. The largest absolute Gasteiger partial charge is 0.356 e. The van der Waals surface area contributed by atoms with Crippen LogP contribution in [0.5, 0.6) is 0 Å². The molecule has 4 heteroatoms. The van der Waals surface area contributed by atoms with Gasteiger partial charge in [-0.1, -0.05) is 35.9 Å². The summed E-state index contributed by atoms with van der Waals surface area (Å²) in [6, 6.07) is 10.8. The minimum absolute atomic E-state index is 0.304. The molecule has 0 N–H and O–H groups in total. The van der Waals surface area contributed by atoms with Crippen LogP contribution in [-0.2, 0) is 10.3 Å². The third-order valence-electron chi connectivity index (χ3n) is 3.46. The van der Waals surface area contributed by atoms with Crippen LogP contribution >= 0.6 is 11.6 Å². The summed E-state index contributed by atoms with van der Waals surface area (Å²) in [6.07, 6.45) is -0.304. The zero-order valence-electron chi connectivity index (χ0n) is 10.2. The zero-order chi connectivity index (χ0) is 13.6. The highest BCUT2D eigenvalue weighted by Gasteiger charge is 2.56. The maximum atomic E-state index is 13.8. The lowest BCUT2D eigenvalue weighted by molar-refractivity contribution is 0.307. The lowest BCUT2D eigenvalue weighted by Gasteiger charge is -2.09. The molecule has 0 aromatic heterocycles. The lowest BCUT2D eigenvalue weighted by atomic mass is 9.93. The van der Waals surface area contributed by atoms with Crippen molar-refractivity contribution in [3.05, 3.63) is 70.2 Å². The molecule has 1 aliphatic heterocycles. The summed E-state index contributed by atoms with van der Waals surface area (Å²) in [5.41, 5.74) is 0.372. The molecular formula is C15H11ClF2O. The van der Waals surface area contributed by atoms with E-state index in [0.717, 1.165) is 11.6 Å². The Bertz CT molecular complexity index is 644. The van der Waals surface area contributed by atoms with Crippen LogP contribution < -0.4 is 0 Å². The number of hydrogen-bond acceptors (Lipinski definition) is 1. The van der Waals surface area contributed by atoms with Gasteiger partial charge in [0.15, 0.2) is 0 Å². The monoisotopic (exact) mass is 280 g/mol. The van der Waals surface area contributed by atoms with Crippen molar-refractivity contribution in [3.8, 4) is 0 Å². The molecule has 3 rings (SSSR count). The van der Waals surface area contributed by atoms with Gasteiger partial charge in [-0.2, -0.15) is 0 Å². The highest BCUT2D eigenvalue weighted by molar-refractivity contribution is 6.31. The molecule has 0 bridgehead atoms. The Morgan fingerprint density at radius 2 is 1.89 bits per heavy atom. The molecule has 0 amide bonds. The molecule has 1 heterocycles. The predicted molar refractivity (Wildman–Crippen MR) is 69.0 cm³/mol. The molecule has 0 saturated carbocycles. The first-order valence-corrected chi connectivity index (χ1v) is 6.28.